The van der Waals surface area contributed by atoms with Gasteiger partial charge in [0.25, 0.3) is 5.92 Å². The molecule has 2 heterocycles. The molecule has 1 aliphatic heterocycles. The van der Waals surface area contributed by atoms with E-state index in [2.05, 4.69) is 15.5 Å². The molecule has 0 bridgehead atoms. The maximum absolute atomic E-state index is 12.7. The quantitative estimate of drug-likeness (QED) is 0.787. The molecule has 1 aromatic rings. The molecule has 80 valence electrons. The van der Waals surface area contributed by atoms with Gasteiger partial charge in [-0.3, -0.25) is 5.32 Å². The van der Waals surface area contributed by atoms with Crippen molar-refractivity contribution in [3.05, 3.63) is 11.7 Å². The van der Waals surface area contributed by atoms with Gasteiger partial charge in [0.1, 0.15) is 0 Å². The highest BCUT2D eigenvalue weighted by Crippen LogP contribution is 2.32. The summed E-state index contributed by atoms with van der Waals surface area (Å²) in [6.45, 7) is 1.33. The first-order valence-corrected chi connectivity index (χ1v) is 3.98. The average molecular weight is 226 g/mol. The Morgan fingerprint density at radius 3 is 2.71 bits per heavy atom. The number of nitrogens with one attached hydrogen (secondary N) is 1. The summed E-state index contributed by atoms with van der Waals surface area (Å²) >= 11 is 0. The molecule has 0 aliphatic carbocycles. The van der Waals surface area contributed by atoms with E-state index in [0.29, 0.717) is 5.82 Å². The lowest BCUT2D eigenvalue weighted by molar-refractivity contribution is 0.0200. The van der Waals surface area contributed by atoms with Crippen molar-refractivity contribution < 1.29 is 13.3 Å². The van der Waals surface area contributed by atoms with Crippen LogP contribution in [0.15, 0.2) is 4.52 Å². The highest BCUT2D eigenvalue weighted by molar-refractivity contribution is 5.85. The Bertz CT molecular complexity index is 318. The number of alkyl halides is 2. The van der Waals surface area contributed by atoms with Crippen molar-refractivity contribution >= 4 is 12.4 Å². The Kier molecular flexibility index (Phi) is 3.06. The van der Waals surface area contributed by atoms with Gasteiger partial charge in [-0.1, -0.05) is 5.16 Å². The van der Waals surface area contributed by atoms with Crippen LogP contribution in [0.4, 0.5) is 8.78 Å². The van der Waals surface area contributed by atoms with Crippen molar-refractivity contribution in [2.45, 2.75) is 25.3 Å². The summed E-state index contributed by atoms with van der Waals surface area (Å²) in [5.74, 6) is -1.95. The highest BCUT2D eigenvalue weighted by atomic mass is 35.5. The molecule has 1 saturated heterocycles. The molecule has 1 aromatic heterocycles. The third-order valence-corrected chi connectivity index (χ3v) is 1.95. The molecule has 4 nitrogen and oxygen atoms in total. The van der Waals surface area contributed by atoms with Crippen molar-refractivity contribution in [3.8, 4) is 0 Å². The van der Waals surface area contributed by atoms with Crippen LogP contribution in [0.25, 0.3) is 0 Å². The van der Waals surface area contributed by atoms with Gasteiger partial charge in [0.05, 0.1) is 12.6 Å². The summed E-state index contributed by atoms with van der Waals surface area (Å²) in [5, 5.41) is 6.17. The van der Waals surface area contributed by atoms with Gasteiger partial charge in [0, 0.05) is 6.42 Å². The molecule has 0 radical (unpaired) electrons. The molecule has 1 N–H and O–H groups in total. The molecular formula is C7H10ClF2N3O. The van der Waals surface area contributed by atoms with E-state index in [1.54, 1.807) is 6.92 Å². The summed E-state index contributed by atoms with van der Waals surface area (Å²) < 4.78 is 30.3. The van der Waals surface area contributed by atoms with E-state index in [1.807, 2.05) is 0 Å². The molecule has 1 fully saturated rings. The van der Waals surface area contributed by atoms with E-state index in [-0.39, 0.29) is 31.3 Å². The van der Waals surface area contributed by atoms with Crippen LogP contribution in [-0.2, 0) is 0 Å². The molecule has 7 heteroatoms. The maximum atomic E-state index is 12.7. The zero-order valence-corrected chi connectivity index (χ0v) is 8.27. The average Bonchev–Trinajstić information content (AvgIpc) is 2.56. The molecule has 1 unspecified atom stereocenters. The van der Waals surface area contributed by atoms with Gasteiger partial charge in [0.15, 0.2) is 5.82 Å². The second-order valence-corrected chi connectivity index (χ2v) is 3.17. The normalized spacial score (nSPS) is 24.6. The van der Waals surface area contributed by atoms with Gasteiger partial charge < -0.3 is 4.52 Å². The molecule has 1 aliphatic rings. The Balaban J connectivity index is 0.000000980. The van der Waals surface area contributed by atoms with Crippen LogP contribution in [-0.4, -0.2) is 22.6 Å². The molecule has 0 aromatic carbocycles. The zero-order chi connectivity index (χ0) is 9.47. The summed E-state index contributed by atoms with van der Waals surface area (Å²) in [7, 11) is 0. The molecule has 2 rings (SSSR count). The van der Waals surface area contributed by atoms with Crippen molar-refractivity contribution in [1.82, 2.24) is 15.5 Å². The number of rotatable bonds is 1. The summed E-state index contributed by atoms with van der Waals surface area (Å²) in [6, 6.07) is -0.504. The highest BCUT2D eigenvalue weighted by Gasteiger charge is 2.42. The van der Waals surface area contributed by atoms with Crippen LogP contribution in [0.3, 0.4) is 0 Å². The van der Waals surface area contributed by atoms with Crippen molar-refractivity contribution in [1.29, 1.82) is 0 Å². The largest absolute Gasteiger partial charge is 0.338 e. The minimum Gasteiger partial charge on any atom is -0.338 e. The number of nitrogens with zero attached hydrogens (tertiary/aromatic N) is 2. The van der Waals surface area contributed by atoms with E-state index in [1.165, 1.54) is 0 Å². The van der Waals surface area contributed by atoms with Crippen LogP contribution in [0.1, 0.15) is 24.2 Å². The Morgan fingerprint density at radius 2 is 2.29 bits per heavy atom. The lowest BCUT2D eigenvalue weighted by atomic mass is 10.2. The predicted molar refractivity (Wildman–Crippen MR) is 46.6 cm³/mol. The minimum absolute atomic E-state index is 0. The minimum atomic E-state index is -2.66. The number of aryl methyl sites for hydroxylation is 1. The first kappa shape index (κ1) is 11.3. The van der Waals surface area contributed by atoms with E-state index in [0.717, 1.165) is 0 Å². The van der Waals surface area contributed by atoms with Crippen LogP contribution in [0.5, 0.6) is 0 Å². The second kappa shape index (κ2) is 3.78. The first-order valence-electron chi connectivity index (χ1n) is 3.98. The van der Waals surface area contributed by atoms with Crippen molar-refractivity contribution in [2.24, 2.45) is 0 Å². The van der Waals surface area contributed by atoms with Crippen molar-refractivity contribution in [3.63, 3.8) is 0 Å². The Hall–Kier alpha value is -0.750. The van der Waals surface area contributed by atoms with Gasteiger partial charge in [-0.25, -0.2) is 8.78 Å². The number of halogens is 3. The first-order chi connectivity index (χ1) is 6.07. The van der Waals surface area contributed by atoms with Crippen LogP contribution in [0, 0.1) is 6.92 Å². The lowest BCUT2D eigenvalue weighted by Gasteiger charge is -2.04. The molecule has 14 heavy (non-hydrogen) atoms. The Morgan fingerprint density at radius 1 is 1.57 bits per heavy atom. The monoisotopic (exact) mass is 225 g/mol. The van der Waals surface area contributed by atoms with Crippen LogP contribution in [0.2, 0.25) is 0 Å². The second-order valence-electron chi connectivity index (χ2n) is 3.17. The summed E-state index contributed by atoms with van der Waals surface area (Å²) in [6.07, 6.45) is -0.269. The van der Waals surface area contributed by atoms with Gasteiger partial charge >= 0.3 is 0 Å². The Labute approximate surface area is 85.5 Å². The van der Waals surface area contributed by atoms with Gasteiger partial charge in [-0.15, -0.1) is 12.4 Å². The van der Waals surface area contributed by atoms with E-state index in [4.69, 9.17) is 4.52 Å². The topological polar surface area (TPSA) is 51.0 Å². The zero-order valence-electron chi connectivity index (χ0n) is 7.46. The standard InChI is InChI=1S/C7H9F2N3O.ClH/c1-4-11-6(13-12-4)5-2-7(8,9)3-10-5;/h5,10H,2-3H2,1H3;1H. The van der Waals surface area contributed by atoms with Crippen LogP contribution < -0.4 is 5.32 Å². The fraction of sp³-hybridized carbons (Fsp3) is 0.714. The van der Waals surface area contributed by atoms with Gasteiger partial charge in [-0.05, 0) is 6.92 Å². The maximum Gasteiger partial charge on any atom is 0.262 e. The molecule has 0 saturated carbocycles. The van der Waals surface area contributed by atoms with Crippen molar-refractivity contribution in [2.75, 3.05) is 6.54 Å². The number of hydrogen-bond donors (Lipinski definition) is 1. The SMILES string of the molecule is Cc1noc(C2CC(F)(F)CN2)n1.Cl. The fourth-order valence-corrected chi connectivity index (χ4v) is 1.34. The number of hydrogen-bond acceptors (Lipinski definition) is 4. The van der Waals surface area contributed by atoms with Gasteiger partial charge in [0.2, 0.25) is 5.89 Å². The van der Waals surface area contributed by atoms with Crippen LogP contribution >= 0.6 is 12.4 Å². The third kappa shape index (κ3) is 2.19. The molecule has 0 spiro atoms. The molecular weight excluding hydrogens is 216 g/mol. The molecule has 0 amide bonds. The van der Waals surface area contributed by atoms with Gasteiger partial charge in [-0.2, -0.15) is 4.98 Å². The third-order valence-electron chi connectivity index (χ3n) is 1.95. The smallest absolute Gasteiger partial charge is 0.262 e. The number of aromatic nitrogens is 2. The molecule has 1 atom stereocenters. The fourth-order valence-electron chi connectivity index (χ4n) is 1.34. The lowest BCUT2D eigenvalue weighted by Crippen LogP contribution is -2.19. The predicted octanol–water partition coefficient (Wildman–Crippen LogP) is 1.47. The summed E-state index contributed by atoms with van der Waals surface area (Å²) in [5.41, 5.74) is 0. The van der Waals surface area contributed by atoms with E-state index in [9.17, 15) is 8.78 Å². The summed E-state index contributed by atoms with van der Waals surface area (Å²) in [4.78, 5) is 3.88. The van der Waals surface area contributed by atoms with E-state index >= 15 is 0 Å². The van der Waals surface area contributed by atoms with E-state index < -0.39 is 12.0 Å².